The van der Waals surface area contributed by atoms with Crippen LogP contribution >= 0.6 is 0 Å². The van der Waals surface area contributed by atoms with Crippen LogP contribution in [-0.2, 0) is 11.3 Å². The van der Waals surface area contributed by atoms with Gasteiger partial charge in [0.05, 0.1) is 0 Å². The van der Waals surface area contributed by atoms with Crippen LogP contribution in [0.3, 0.4) is 0 Å². The Labute approximate surface area is 173 Å². The van der Waals surface area contributed by atoms with Gasteiger partial charge in [-0.25, -0.2) is 0 Å². The number of hydrogen-bond acceptors (Lipinski definition) is 1. The molecule has 0 saturated carbocycles. The fourth-order valence-corrected chi connectivity index (χ4v) is 4.45. The molecule has 1 saturated heterocycles. The predicted octanol–water partition coefficient (Wildman–Crippen LogP) is 1.38. The molecule has 150 valence electrons. The van der Waals surface area contributed by atoms with E-state index in [1.54, 1.807) is 4.90 Å². The number of carbonyl (C=O) groups excluding carboxylic acids is 1. The highest BCUT2D eigenvalue weighted by Gasteiger charge is 2.25. The van der Waals surface area contributed by atoms with Crippen LogP contribution in [-0.4, -0.2) is 38.6 Å². The van der Waals surface area contributed by atoms with Crippen molar-refractivity contribution < 1.29 is 14.6 Å². The molecular weight excluding hydrogens is 358 g/mol. The lowest BCUT2D eigenvalue weighted by Crippen LogP contribution is -3.28. The van der Waals surface area contributed by atoms with E-state index in [9.17, 15) is 4.79 Å². The summed E-state index contributed by atoms with van der Waals surface area (Å²) in [6.07, 6.45) is 0. The van der Waals surface area contributed by atoms with Gasteiger partial charge in [0.2, 0.25) is 0 Å². The molecule has 0 aromatic heterocycles. The molecule has 0 bridgehead atoms. The van der Waals surface area contributed by atoms with E-state index in [-0.39, 0.29) is 5.91 Å². The maximum Gasteiger partial charge on any atom is 0.279 e. The first-order chi connectivity index (χ1) is 14.1. The summed E-state index contributed by atoms with van der Waals surface area (Å²) in [5.41, 5.74) is 4.64. The lowest BCUT2D eigenvalue weighted by Gasteiger charge is -2.29. The molecule has 4 rings (SSSR count). The fourth-order valence-electron chi connectivity index (χ4n) is 4.45. The van der Waals surface area contributed by atoms with E-state index in [2.05, 4.69) is 47.8 Å². The van der Waals surface area contributed by atoms with Gasteiger partial charge in [-0.2, -0.15) is 0 Å². The van der Waals surface area contributed by atoms with E-state index >= 15 is 0 Å². The molecule has 3 N–H and O–H groups in total. The molecule has 1 amide bonds. The maximum atomic E-state index is 12.6. The number of piperazine rings is 1. The number of para-hydroxylation sites is 1. The molecule has 3 aromatic carbocycles. The highest BCUT2D eigenvalue weighted by atomic mass is 16.2. The van der Waals surface area contributed by atoms with Crippen molar-refractivity contribution in [1.82, 2.24) is 0 Å². The summed E-state index contributed by atoms with van der Waals surface area (Å²) < 4.78 is 0. The van der Waals surface area contributed by atoms with Crippen molar-refractivity contribution in [1.29, 1.82) is 0 Å². The Morgan fingerprint density at radius 1 is 0.828 bits per heavy atom. The minimum Gasteiger partial charge on any atom is -0.322 e. The lowest BCUT2D eigenvalue weighted by molar-refractivity contribution is -1.01. The number of anilines is 1. The van der Waals surface area contributed by atoms with Gasteiger partial charge in [0.25, 0.3) is 5.91 Å². The van der Waals surface area contributed by atoms with E-state index in [1.807, 2.05) is 32.0 Å². The summed E-state index contributed by atoms with van der Waals surface area (Å²) in [5.74, 6) is 0.120. The number of benzene rings is 3. The van der Waals surface area contributed by atoms with Crippen LogP contribution < -0.4 is 15.1 Å². The second-order valence-electron chi connectivity index (χ2n) is 8.31. The van der Waals surface area contributed by atoms with Crippen LogP contribution in [0, 0.1) is 13.8 Å². The zero-order chi connectivity index (χ0) is 20.2. The number of amides is 1. The average Bonchev–Trinajstić information content (AvgIpc) is 2.73. The highest BCUT2D eigenvalue weighted by Crippen LogP contribution is 2.19. The van der Waals surface area contributed by atoms with Gasteiger partial charge in [-0.1, -0.05) is 60.7 Å². The number of carbonyl (C=O) groups is 1. The third-order valence-corrected chi connectivity index (χ3v) is 6.14. The van der Waals surface area contributed by atoms with E-state index in [0.29, 0.717) is 6.54 Å². The molecule has 0 radical (unpaired) electrons. The average molecular weight is 390 g/mol. The molecule has 1 aliphatic heterocycles. The minimum atomic E-state index is 0.120. The molecule has 4 nitrogen and oxygen atoms in total. The monoisotopic (exact) mass is 389 g/mol. The second kappa shape index (κ2) is 8.76. The first-order valence-electron chi connectivity index (χ1n) is 10.6. The first-order valence-corrected chi connectivity index (χ1v) is 10.6. The van der Waals surface area contributed by atoms with Crippen molar-refractivity contribution in [2.45, 2.75) is 20.4 Å². The number of quaternary nitrogens is 2. The fraction of sp³-hybridized carbons (Fsp3) is 0.320. The van der Waals surface area contributed by atoms with Gasteiger partial charge in [0.1, 0.15) is 32.7 Å². The van der Waals surface area contributed by atoms with Crippen LogP contribution in [0.2, 0.25) is 0 Å². The first kappa shape index (κ1) is 19.6. The number of hydrogen-bond donors (Lipinski definition) is 3. The molecule has 29 heavy (non-hydrogen) atoms. The molecule has 0 spiro atoms. The van der Waals surface area contributed by atoms with Crippen molar-refractivity contribution in [2.24, 2.45) is 0 Å². The third kappa shape index (κ3) is 4.66. The summed E-state index contributed by atoms with van der Waals surface area (Å²) in [4.78, 5) is 15.6. The van der Waals surface area contributed by atoms with Crippen LogP contribution in [0.15, 0.2) is 60.7 Å². The molecule has 1 aliphatic rings. The van der Waals surface area contributed by atoms with E-state index < -0.39 is 0 Å². The Kier molecular flexibility index (Phi) is 5.93. The van der Waals surface area contributed by atoms with Gasteiger partial charge in [-0.15, -0.1) is 0 Å². The van der Waals surface area contributed by atoms with Crippen LogP contribution in [0.5, 0.6) is 0 Å². The second-order valence-corrected chi connectivity index (χ2v) is 8.31. The van der Waals surface area contributed by atoms with Crippen molar-refractivity contribution in [2.75, 3.05) is 38.0 Å². The number of rotatable bonds is 5. The summed E-state index contributed by atoms with van der Waals surface area (Å²) in [7, 11) is 0. The number of nitrogens with one attached hydrogen (secondary N) is 3. The van der Waals surface area contributed by atoms with Gasteiger partial charge in [-0.05, 0) is 35.7 Å². The standard InChI is InChI=1S/C25H29N3O/c1-19-7-5-8-20(2)25(19)26-24(29)18-28-15-13-27(14-16-28)17-22-11-6-10-21-9-3-4-12-23(21)22/h3-12H,13-18H2,1-2H3,(H,26,29)/p+2. The minimum absolute atomic E-state index is 0.120. The number of fused-ring (bicyclic) bond motifs is 1. The summed E-state index contributed by atoms with van der Waals surface area (Å²) >= 11 is 0. The lowest BCUT2D eigenvalue weighted by atomic mass is 10.0. The van der Waals surface area contributed by atoms with Crippen LogP contribution in [0.25, 0.3) is 10.8 Å². The van der Waals surface area contributed by atoms with E-state index in [4.69, 9.17) is 0 Å². The summed E-state index contributed by atoms with van der Waals surface area (Å²) in [6.45, 7) is 10.00. The Hall–Kier alpha value is -2.69. The Morgan fingerprint density at radius 2 is 1.45 bits per heavy atom. The predicted molar refractivity (Wildman–Crippen MR) is 118 cm³/mol. The zero-order valence-electron chi connectivity index (χ0n) is 17.4. The molecular formula is C25H31N3O+2. The van der Waals surface area contributed by atoms with Gasteiger partial charge in [-0.3, -0.25) is 4.79 Å². The maximum absolute atomic E-state index is 12.6. The third-order valence-electron chi connectivity index (χ3n) is 6.14. The molecule has 1 fully saturated rings. The molecule has 4 heteroatoms. The quantitative estimate of drug-likeness (QED) is 0.606. The normalized spacial score (nSPS) is 19.2. The smallest absolute Gasteiger partial charge is 0.279 e. The number of aryl methyl sites for hydroxylation is 2. The summed E-state index contributed by atoms with van der Waals surface area (Å²) in [6, 6.07) is 21.4. The molecule has 0 atom stereocenters. The van der Waals surface area contributed by atoms with Gasteiger partial charge in [0, 0.05) is 11.3 Å². The van der Waals surface area contributed by atoms with Crippen molar-refractivity contribution in [3.63, 3.8) is 0 Å². The molecule has 3 aromatic rings. The van der Waals surface area contributed by atoms with Gasteiger partial charge >= 0.3 is 0 Å². The van der Waals surface area contributed by atoms with E-state index in [0.717, 1.165) is 49.5 Å². The van der Waals surface area contributed by atoms with Crippen LogP contribution in [0.1, 0.15) is 16.7 Å². The Balaban J connectivity index is 1.31. The topological polar surface area (TPSA) is 38.0 Å². The van der Waals surface area contributed by atoms with Crippen LogP contribution in [0.4, 0.5) is 5.69 Å². The van der Waals surface area contributed by atoms with Gasteiger partial charge < -0.3 is 15.1 Å². The zero-order valence-corrected chi connectivity index (χ0v) is 17.4. The van der Waals surface area contributed by atoms with E-state index in [1.165, 1.54) is 21.2 Å². The summed E-state index contributed by atoms with van der Waals surface area (Å²) in [5, 5.41) is 5.81. The van der Waals surface area contributed by atoms with Crippen molar-refractivity contribution in [3.05, 3.63) is 77.4 Å². The molecule has 1 heterocycles. The van der Waals surface area contributed by atoms with Crippen molar-refractivity contribution >= 4 is 22.4 Å². The Bertz CT molecular complexity index is 980. The SMILES string of the molecule is Cc1cccc(C)c1NC(=O)C[NH+]1CC[NH+](Cc2cccc3ccccc23)CC1. The molecule has 0 aliphatic carbocycles. The highest BCUT2D eigenvalue weighted by molar-refractivity contribution is 5.93. The Morgan fingerprint density at radius 3 is 2.21 bits per heavy atom. The largest absolute Gasteiger partial charge is 0.322 e. The van der Waals surface area contributed by atoms with Gasteiger partial charge in [0.15, 0.2) is 6.54 Å². The van der Waals surface area contributed by atoms with Crippen molar-refractivity contribution in [3.8, 4) is 0 Å². The molecule has 0 unspecified atom stereocenters.